The smallest absolute Gasteiger partial charge is 0.255 e. The van der Waals surface area contributed by atoms with Crippen molar-refractivity contribution in [1.29, 1.82) is 0 Å². The lowest BCUT2D eigenvalue weighted by Gasteiger charge is -2.16. The molecule has 3 rings (SSSR count). The Morgan fingerprint density at radius 3 is 2.57 bits per heavy atom. The van der Waals surface area contributed by atoms with E-state index in [1.165, 1.54) is 6.26 Å². The van der Waals surface area contributed by atoms with E-state index in [1.807, 2.05) is 54.6 Å². The van der Waals surface area contributed by atoms with Crippen LogP contribution in [0.4, 0.5) is 0 Å². The predicted octanol–water partition coefficient (Wildman–Crippen LogP) is 4.14. The summed E-state index contributed by atoms with van der Waals surface area (Å²) in [6.45, 7) is 0. The van der Waals surface area contributed by atoms with Crippen LogP contribution in [-0.2, 0) is 0 Å². The van der Waals surface area contributed by atoms with Gasteiger partial charge < -0.3 is 9.73 Å². The first-order chi connectivity index (χ1) is 10.3. The molecule has 0 radical (unpaired) electrons. The lowest BCUT2D eigenvalue weighted by atomic mass is 10.1. The third kappa shape index (κ3) is 2.78. The molecule has 0 spiro atoms. The van der Waals surface area contributed by atoms with E-state index >= 15 is 0 Å². The zero-order chi connectivity index (χ0) is 14.7. The van der Waals surface area contributed by atoms with Gasteiger partial charge in [0.25, 0.3) is 5.91 Å². The third-order valence-corrected chi connectivity index (χ3v) is 3.70. The Hall–Kier alpha value is -2.26. The minimum Gasteiger partial charge on any atom is -0.463 e. The van der Waals surface area contributed by atoms with Gasteiger partial charge in [0, 0.05) is 11.3 Å². The van der Waals surface area contributed by atoms with Crippen LogP contribution >= 0.6 is 11.6 Å². The second-order valence-corrected chi connectivity index (χ2v) is 5.05. The number of rotatable bonds is 4. The summed E-state index contributed by atoms with van der Waals surface area (Å²) in [5, 5.41) is 3.75. The van der Waals surface area contributed by atoms with Gasteiger partial charge in [0.05, 0.1) is 11.6 Å². The Bertz CT molecular complexity index is 752. The fraction of sp³-hybridized carbons (Fsp3) is 0.118. The summed E-state index contributed by atoms with van der Waals surface area (Å²) in [7, 11) is 0. The summed E-state index contributed by atoms with van der Waals surface area (Å²) in [6.07, 6.45) is 1.48. The minimum atomic E-state index is -0.228. The molecule has 3 nitrogen and oxygen atoms in total. The van der Waals surface area contributed by atoms with Gasteiger partial charge in [-0.1, -0.05) is 48.5 Å². The van der Waals surface area contributed by atoms with Crippen LogP contribution in [0.1, 0.15) is 22.0 Å². The quantitative estimate of drug-likeness (QED) is 0.736. The van der Waals surface area contributed by atoms with Gasteiger partial charge in [0.15, 0.2) is 0 Å². The number of carbonyl (C=O) groups excluding carboxylic acids is 1. The van der Waals surface area contributed by atoms with E-state index in [1.54, 1.807) is 0 Å². The lowest BCUT2D eigenvalue weighted by Crippen LogP contribution is -2.29. The maximum atomic E-state index is 12.4. The van der Waals surface area contributed by atoms with E-state index in [2.05, 4.69) is 5.32 Å². The molecule has 0 fully saturated rings. The highest BCUT2D eigenvalue weighted by Gasteiger charge is 2.18. The highest BCUT2D eigenvalue weighted by Crippen LogP contribution is 2.22. The zero-order valence-electron chi connectivity index (χ0n) is 11.3. The summed E-state index contributed by atoms with van der Waals surface area (Å²) in [4.78, 5) is 12.4. The van der Waals surface area contributed by atoms with Crippen molar-refractivity contribution in [3.8, 4) is 0 Å². The van der Waals surface area contributed by atoms with Crippen LogP contribution in [0.25, 0.3) is 11.0 Å². The summed E-state index contributed by atoms with van der Waals surface area (Å²) < 4.78 is 5.40. The monoisotopic (exact) mass is 299 g/mol. The number of benzene rings is 2. The van der Waals surface area contributed by atoms with Gasteiger partial charge >= 0.3 is 0 Å². The Labute approximate surface area is 127 Å². The lowest BCUT2D eigenvalue weighted by molar-refractivity contribution is 0.0941. The Morgan fingerprint density at radius 1 is 1.10 bits per heavy atom. The number of amides is 1. The van der Waals surface area contributed by atoms with Gasteiger partial charge in [-0.05, 0) is 11.6 Å². The number of hydrogen-bond acceptors (Lipinski definition) is 2. The molecule has 0 aliphatic carbocycles. The molecule has 1 N–H and O–H groups in total. The number of carbonyl (C=O) groups is 1. The minimum absolute atomic E-state index is 0.186. The molecule has 3 aromatic rings. The molecule has 21 heavy (non-hydrogen) atoms. The van der Waals surface area contributed by atoms with Crippen molar-refractivity contribution in [3.63, 3.8) is 0 Å². The van der Waals surface area contributed by atoms with Crippen LogP contribution in [0.5, 0.6) is 0 Å². The first-order valence-corrected chi connectivity index (χ1v) is 7.21. The second-order valence-electron chi connectivity index (χ2n) is 4.74. The van der Waals surface area contributed by atoms with Crippen molar-refractivity contribution >= 4 is 28.5 Å². The first kappa shape index (κ1) is 13.7. The molecule has 0 saturated heterocycles. The molecule has 1 unspecified atom stereocenters. The number of alkyl halides is 1. The maximum Gasteiger partial charge on any atom is 0.255 e. The van der Waals surface area contributed by atoms with Crippen LogP contribution in [0.15, 0.2) is 65.3 Å². The summed E-state index contributed by atoms with van der Waals surface area (Å²) in [5.74, 6) is 0.125. The van der Waals surface area contributed by atoms with Gasteiger partial charge in [-0.2, -0.15) is 0 Å². The van der Waals surface area contributed by atoms with Crippen LogP contribution in [-0.4, -0.2) is 11.8 Å². The van der Waals surface area contributed by atoms with Crippen LogP contribution < -0.4 is 5.32 Å². The Balaban J connectivity index is 1.85. The molecule has 0 bridgehead atoms. The number of para-hydroxylation sites is 1. The molecule has 2 aromatic carbocycles. The topological polar surface area (TPSA) is 42.2 Å². The molecule has 106 valence electrons. The van der Waals surface area contributed by atoms with Gasteiger partial charge in [0.2, 0.25) is 0 Å². The molecular formula is C17H14ClNO2. The van der Waals surface area contributed by atoms with Gasteiger partial charge in [-0.15, -0.1) is 11.6 Å². The van der Waals surface area contributed by atoms with E-state index in [0.29, 0.717) is 17.0 Å². The maximum absolute atomic E-state index is 12.4. The Kier molecular flexibility index (Phi) is 3.93. The largest absolute Gasteiger partial charge is 0.463 e. The van der Waals surface area contributed by atoms with Crippen LogP contribution in [0, 0.1) is 0 Å². The summed E-state index contributed by atoms with van der Waals surface area (Å²) in [6, 6.07) is 16.9. The SMILES string of the molecule is O=C(NC(CCl)c1ccccc1)c1coc2ccccc12. The highest BCUT2D eigenvalue weighted by molar-refractivity contribution is 6.18. The van der Waals surface area contributed by atoms with Crippen LogP contribution in [0.2, 0.25) is 0 Å². The third-order valence-electron chi connectivity index (χ3n) is 3.39. The average Bonchev–Trinajstić information content (AvgIpc) is 2.97. The van der Waals surface area contributed by atoms with Crippen molar-refractivity contribution in [2.45, 2.75) is 6.04 Å². The van der Waals surface area contributed by atoms with E-state index in [4.69, 9.17) is 16.0 Å². The van der Waals surface area contributed by atoms with E-state index < -0.39 is 0 Å². The van der Waals surface area contributed by atoms with Crippen molar-refractivity contribution < 1.29 is 9.21 Å². The van der Waals surface area contributed by atoms with E-state index in [-0.39, 0.29) is 11.9 Å². The molecule has 1 heterocycles. The molecule has 0 saturated carbocycles. The standard InChI is InChI=1S/C17H14ClNO2/c18-10-15(12-6-2-1-3-7-12)19-17(20)14-11-21-16-9-5-4-8-13(14)16/h1-9,11,15H,10H2,(H,19,20). The average molecular weight is 300 g/mol. The van der Waals surface area contributed by atoms with Gasteiger partial charge in [-0.25, -0.2) is 0 Å². The molecular weight excluding hydrogens is 286 g/mol. The summed E-state index contributed by atoms with van der Waals surface area (Å²) >= 11 is 5.99. The van der Waals surface area contributed by atoms with Crippen molar-refractivity contribution in [2.24, 2.45) is 0 Å². The normalized spacial score (nSPS) is 12.2. The molecule has 0 aliphatic rings. The molecule has 1 amide bonds. The molecule has 1 atom stereocenters. The number of nitrogens with one attached hydrogen (secondary N) is 1. The van der Waals surface area contributed by atoms with E-state index in [9.17, 15) is 4.79 Å². The second kappa shape index (κ2) is 6.02. The molecule has 1 aromatic heterocycles. The van der Waals surface area contributed by atoms with Crippen molar-refractivity contribution in [1.82, 2.24) is 5.32 Å². The summed E-state index contributed by atoms with van der Waals surface area (Å²) in [5.41, 5.74) is 2.20. The number of fused-ring (bicyclic) bond motifs is 1. The fourth-order valence-electron chi connectivity index (χ4n) is 2.29. The van der Waals surface area contributed by atoms with Crippen LogP contribution in [0.3, 0.4) is 0 Å². The van der Waals surface area contributed by atoms with E-state index in [0.717, 1.165) is 10.9 Å². The first-order valence-electron chi connectivity index (χ1n) is 6.67. The van der Waals surface area contributed by atoms with Gasteiger partial charge in [0.1, 0.15) is 11.8 Å². The van der Waals surface area contributed by atoms with Gasteiger partial charge in [-0.3, -0.25) is 4.79 Å². The molecule has 0 aliphatic heterocycles. The van der Waals surface area contributed by atoms with Crippen molar-refractivity contribution in [2.75, 3.05) is 5.88 Å². The predicted molar refractivity (Wildman–Crippen MR) is 83.6 cm³/mol. The Morgan fingerprint density at radius 2 is 1.81 bits per heavy atom. The molecule has 4 heteroatoms. The fourth-order valence-corrected chi connectivity index (χ4v) is 2.54. The number of hydrogen-bond donors (Lipinski definition) is 1. The zero-order valence-corrected chi connectivity index (χ0v) is 12.0. The number of furan rings is 1. The highest BCUT2D eigenvalue weighted by atomic mass is 35.5. The van der Waals surface area contributed by atoms with Crippen molar-refractivity contribution in [3.05, 3.63) is 72.0 Å². The number of halogens is 1.